The average Bonchev–Trinajstić information content (AvgIpc) is 1.25. The Morgan fingerprint density at radius 3 is 0.778 bits per heavy atom. The van der Waals surface area contributed by atoms with E-state index in [1.807, 2.05) is 0 Å². The molecule has 9 heavy (non-hydrogen) atoms. The van der Waals surface area contributed by atoms with Gasteiger partial charge in [-0.05, 0) is 0 Å². The molecule has 0 fully saturated rings. The van der Waals surface area contributed by atoms with Crippen molar-refractivity contribution in [2.24, 2.45) is 0 Å². The molecule has 0 radical (unpaired) electrons. The average molecular weight is 310 g/mol. The van der Waals surface area contributed by atoms with Gasteiger partial charge >= 0.3 is 80.9 Å². The van der Waals surface area contributed by atoms with Crippen molar-refractivity contribution >= 4 is 0 Å². The first-order chi connectivity index (χ1) is 3.46. The van der Waals surface area contributed by atoms with Crippen molar-refractivity contribution in [3.63, 3.8) is 0 Å². The van der Waals surface area contributed by atoms with E-state index in [0.717, 1.165) is 0 Å². The summed E-state index contributed by atoms with van der Waals surface area (Å²) in [4.78, 5) is 0. The van der Waals surface area contributed by atoms with E-state index in [-0.39, 0.29) is 27.3 Å². The molecular formula is CdO6V2. The van der Waals surface area contributed by atoms with Crippen LogP contribution in [-0.4, -0.2) is 0 Å². The van der Waals surface area contributed by atoms with Gasteiger partial charge in [0.15, 0.2) is 0 Å². The van der Waals surface area contributed by atoms with Crippen molar-refractivity contribution in [2.45, 2.75) is 0 Å². The summed E-state index contributed by atoms with van der Waals surface area (Å²) in [6.45, 7) is 0. The zero-order chi connectivity index (χ0) is 7.15. The van der Waals surface area contributed by atoms with E-state index in [4.69, 9.17) is 22.8 Å². The molecule has 0 heterocycles. The molecule has 0 aliphatic heterocycles. The monoisotopic (exact) mass is 312 g/mol. The second-order valence-corrected chi connectivity index (χ2v) is 1.84. The van der Waals surface area contributed by atoms with Gasteiger partial charge in [0, 0.05) is 0 Å². The van der Waals surface area contributed by atoms with E-state index in [1.165, 1.54) is 0 Å². The normalized spacial score (nSPS) is 5.56. The van der Waals surface area contributed by atoms with Crippen LogP contribution in [0.25, 0.3) is 0 Å². The molecule has 0 aliphatic carbocycles. The van der Waals surface area contributed by atoms with Gasteiger partial charge in [0.2, 0.25) is 0 Å². The van der Waals surface area contributed by atoms with E-state index in [0.29, 0.717) is 0 Å². The summed E-state index contributed by atoms with van der Waals surface area (Å²) in [6.07, 6.45) is 0. The van der Waals surface area contributed by atoms with Crippen LogP contribution in [0, 0.1) is 0 Å². The van der Waals surface area contributed by atoms with Gasteiger partial charge in [-0.1, -0.05) is 0 Å². The SMILES string of the molecule is [Cd+2].[O]=[V](=[O])[O-].[O]=[V](=[O])[O-]. The number of hydrogen-bond acceptors (Lipinski definition) is 6. The second kappa shape index (κ2) is 11.9. The molecule has 0 spiro atoms. The molecule has 0 aromatic rings. The van der Waals surface area contributed by atoms with Gasteiger partial charge in [-0.25, -0.2) is 0 Å². The molecule has 0 unspecified atom stereocenters. The van der Waals surface area contributed by atoms with E-state index in [1.54, 1.807) is 0 Å². The Balaban J connectivity index is -0.0000000720. The third-order valence-corrected chi connectivity index (χ3v) is 0. The molecule has 0 N–H and O–H groups in total. The molecule has 0 saturated heterocycles. The Morgan fingerprint density at radius 1 is 0.778 bits per heavy atom. The first kappa shape index (κ1) is 16.7. The fraction of sp³-hybridized carbons (Fsp3) is 0. The summed E-state index contributed by atoms with van der Waals surface area (Å²) in [7, 11) is 0. The summed E-state index contributed by atoms with van der Waals surface area (Å²) < 4.78 is 51.4. The predicted octanol–water partition coefficient (Wildman–Crippen LogP) is -2.86. The predicted molar refractivity (Wildman–Crippen MR) is 2.75 cm³/mol. The summed E-state index contributed by atoms with van der Waals surface area (Å²) in [5, 5.41) is 0. The van der Waals surface area contributed by atoms with E-state index in [9.17, 15) is 0 Å². The van der Waals surface area contributed by atoms with Gasteiger partial charge in [0.25, 0.3) is 0 Å². The van der Waals surface area contributed by atoms with Crippen molar-refractivity contribution in [1.29, 1.82) is 0 Å². The fourth-order valence-electron chi connectivity index (χ4n) is 0. The first-order valence-corrected chi connectivity index (χ1v) is 4.52. The molecular weight excluding hydrogens is 310 g/mol. The second-order valence-electron chi connectivity index (χ2n) is 0.447. The molecule has 0 aliphatic rings. The van der Waals surface area contributed by atoms with Gasteiger partial charge in [-0.15, -0.1) is 0 Å². The van der Waals surface area contributed by atoms with Gasteiger partial charge in [0.1, 0.15) is 0 Å². The zero-order valence-corrected chi connectivity index (χ0v) is 10.9. The Bertz CT molecular complexity index is 128. The van der Waals surface area contributed by atoms with Crippen LogP contribution in [0.2, 0.25) is 0 Å². The molecule has 9 heteroatoms. The molecule has 0 bridgehead atoms. The first-order valence-electron chi connectivity index (χ1n) is 1.10. The summed E-state index contributed by atoms with van der Waals surface area (Å²) >= 11 is -7.88. The van der Waals surface area contributed by atoms with Crippen LogP contribution in [0.1, 0.15) is 0 Å². The minimum atomic E-state index is -3.94. The van der Waals surface area contributed by atoms with Gasteiger partial charge in [0.05, 0.1) is 0 Å². The third-order valence-electron chi connectivity index (χ3n) is 0. The molecule has 0 atom stereocenters. The number of rotatable bonds is 0. The van der Waals surface area contributed by atoms with Gasteiger partial charge < -0.3 is 0 Å². The van der Waals surface area contributed by atoms with Crippen molar-refractivity contribution in [2.75, 3.05) is 0 Å². The summed E-state index contributed by atoms with van der Waals surface area (Å²) in [5.74, 6) is 0. The van der Waals surface area contributed by atoms with E-state index >= 15 is 0 Å². The molecule has 0 aromatic heterocycles. The molecule has 0 aromatic carbocycles. The Hall–Kier alpha value is 1.21. The maximum atomic E-state index is 8.56. The zero-order valence-electron chi connectivity index (χ0n) is 4.05. The third kappa shape index (κ3) is 327. The summed E-state index contributed by atoms with van der Waals surface area (Å²) in [5.41, 5.74) is 0. The van der Waals surface area contributed by atoms with Crippen LogP contribution >= 0.6 is 0 Å². The van der Waals surface area contributed by atoms with Crippen LogP contribution in [-0.2, 0) is 72.8 Å². The molecule has 48 valence electrons. The van der Waals surface area contributed by atoms with Crippen LogP contribution < -0.4 is 8.06 Å². The van der Waals surface area contributed by atoms with Crippen molar-refractivity contribution in [1.82, 2.24) is 0 Å². The number of hydrogen-bond donors (Lipinski definition) is 0. The molecule has 6 nitrogen and oxygen atoms in total. The van der Waals surface area contributed by atoms with Crippen LogP contribution in [0.5, 0.6) is 0 Å². The van der Waals surface area contributed by atoms with Crippen LogP contribution in [0.3, 0.4) is 0 Å². The van der Waals surface area contributed by atoms with E-state index in [2.05, 4.69) is 0 Å². The quantitative estimate of drug-likeness (QED) is 0.445. The summed E-state index contributed by atoms with van der Waals surface area (Å²) in [6, 6.07) is 0. The van der Waals surface area contributed by atoms with Gasteiger partial charge in [-0.2, -0.15) is 0 Å². The van der Waals surface area contributed by atoms with Crippen LogP contribution in [0.4, 0.5) is 0 Å². The Labute approximate surface area is 80.1 Å². The van der Waals surface area contributed by atoms with E-state index < -0.39 is 30.8 Å². The Kier molecular flexibility index (Phi) is 22.1. The fourth-order valence-corrected chi connectivity index (χ4v) is 0. The van der Waals surface area contributed by atoms with Crippen molar-refractivity contribution in [3.05, 3.63) is 0 Å². The van der Waals surface area contributed by atoms with Crippen LogP contribution in [0.15, 0.2) is 0 Å². The Morgan fingerprint density at radius 2 is 0.778 bits per heavy atom. The standard InChI is InChI=1S/Cd.6O.2V/q+2;;;;;2*-1;;. The topological polar surface area (TPSA) is 114 Å². The maximum absolute atomic E-state index is 8.56. The van der Waals surface area contributed by atoms with Crippen molar-refractivity contribution in [3.8, 4) is 0 Å². The molecule has 0 rings (SSSR count). The molecule has 0 saturated carbocycles. The minimum absolute atomic E-state index is 0. The van der Waals surface area contributed by atoms with Gasteiger partial charge in [-0.3, -0.25) is 0 Å². The van der Waals surface area contributed by atoms with Crippen molar-refractivity contribution < 1.29 is 80.9 Å². The molecule has 0 amide bonds.